The summed E-state index contributed by atoms with van der Waals surface area (Å²) in [5.74, 6) is 0.736. The molecule has 1 atom stereocenters. The summed E-state index contributed by atoms with van der Waals surface area (Å²) in [6.45, 7) is 3.87. The number of methoxy groups -OCH3 is 3. The third-order valence-electron chi connectivity index (χ3n) is 5.69. The van der Waals surface area contributed by atoms with E-state index in [0.717, 1.165) is 11.4 Å². The Morgan fingerprint density at radius 2 is 1.88 bits per heavy atom. The molecule has 0 saturated heterocycles. The molecule has 1 unspecified atom stereocenters. The molecule has 0 fully saturated rings. The van der Waals surface area contributed by atoms with E-state index in [1.54, 1.807) is 24.4 Å². The van der Waals surface area contributed by atoms with Gasteiger partial charge in [0.15, 0.2) is 11.5 Å². The largest absolute Gasteiger partial charge is 0.493 e. The molecule has 34 heavy (non-hydrogen) atoms. The van der Waals surface area contributed by atoms with Crippen LogP contribution in [0.3, 0.4) is 0 Å². The van der Waals surface area contributed by atoms with Gasteiger partial charge in [0.1, 0.15) is 17.7 Å². The van der Waals surface area contributed by atoms with E-state index in [1.165, 1.54) is 27.4 Å². The lowest BCUT2D eigenvalue weighted by Gasteiger charge is -2.17. The Bertz CT molecular complexity index is 1250. The first-order valence-corrected chi connectivity index (χ1v) is 10.7. The van der Waals surface area contributed by atoms with E-state index in [0.29, 0.717) is 40.5 Å². The van der Waals surface area contributed by atoms with Crippen molar-refractivity contribution in [3.05, 3.63) is 58.8 Å². The fraction of sp³-hybridized carbons (Fsp3) is 0.320. The summed E-state index contributed by atoms with van der Waals surface area (Å²) in [5.41, 5.74) is 3.55. The molecule has 9 heteroatoms. The van der Waals surface area contributed by atoms with Crippen LogP contribution in [0, 0.1) is 19.7 Å². The molecule has 0 bridgehead atoms. The van der Waals surface area contributed by atoms with Crippen molar-refractivity contribution in [3.8, 4) is 34.3 Å². The Labute approximate surface area is 197 Å². The standard InChI is InChI=1S/C25H26FN3O5/c1-13-11-27-14(2)21(29-13)16-6-8-19(26)18-10-15(34-22(16)18)12-28-25(30)17-7-9-20(31-3)24(33-5)23(17)32-4/h6-9,11,15H,10,12H2,1-5H3,(H,28,30). The molecule has 2 aromatic carbocycles. The van der Waals surface area contributed by atoms with Crippen molar-refractivity contribution >= 4 is 5.91 Å². The average Bonchev–Trinajstić information content (AvgIpc) is 3.28. The van der Waals surface area contributed by atoms with E-state index in [1.807, 2.05) is 13.8 Å². The molecule has 1 N–H and O–H groups in total. The van der Waals surface area contributed by atoms with Gasteiger partial charge in [-0.1, -0.05) is 0 Å². The molecular formula is C25H26FN3O5. The van der Waals surface area contributed by atoms with Crippen molar-refractivity contribution in [3.63, 3.8) is 0 Å². The normalized spacial score (nSPS) is 14.2. The highest BCUT2D eigenvalue weighted by atomic mass is 19.1. The van der Waals surface area contributed by atoms with Crippen LogP contribution in [0.5, 0.6) is 23.0 Å². The van der Waals surface area contributed by atoms with Gasteiger partial charge in [-0.15, -0.1) is 0 Å². The van der Waals surface area contributed by atoms with Crippen molar-refractivity contribution in [2.75, 3.05) is 27.9 Å². The molecule has 2 heterocycles. The summed E-state index contributed by atoms with van der Waals surface area (Å²) >= 11 is 0. The van der Waals surface area contributed by atoms with Gasteiger partial charge in [-0.05, 0) is 38.1 Å². The zero-order valence-electron chi connectivity index (χ0n) is 19.7. The van der Waals surface area contributed by atoms with E-state index in [4.69, 9.17) is 18.9 Å². The SMILES string of the molecule is COc1ccc(C(=O)NCC2Cc3c(F)ccc(-c4nc(C)cnc4C)c3O2)c(OC)c1OC. The van der Waals surface area contributed by atoms with E-state index in [-0.39, 0.29) is 29.6 Å². The molecule has 0 saturated carbocycles. The van der Waals surface area contributed by atoms with Gasteiger partial charge in [0, 0.05) is 23.7 Å². The summed E-state index contributed by atoms with van der Waals surface area (Å²) in [7, 11) is 4.42. The number of nitrogens with zero attached hydrogens (tertiary/aromatic N) is 2. The van der Waals surface area contributed by atoms with Crippen LogP contribution in [0.1, 0.15) is 27.3 Å². The number of aromatic nitrogens is 2. The maximum Gasteiger partial charge on any atom is 0.255 e. The van der Waals surface area contributed by atoms with Gasteiger partial charge in [-0.25, -0.2) is 9.37 Å². The Kier molecular flexibility index (Phi) is 6.54. The molecular weight excluding hydrogens is 441 g/mol. The molecule has 0 radical (unpaired) electrons. The predicted octanol–water partition coefficient (Wildman–Crippen LogP) is 3.66. The number of hydrogen-bond acceptors (Lipinski definition) is 7. The fourth-order valence-electron chi connectivity index (χ4n) is 4.04. The summed E-state index contributed by atoms with van der Waals surface area (Å²) < 4.78 is 36.7. The van der Waals surface area contributed by atoms with Crippen LogP contribution in [0.4, 0.5) is 4.39 Å². The first kappa shape index (κ1) is 23.3. The number of halogens is 1. The topological polar surface area (TPSA) is 91.8 Å². The van der Waals surface area contributed by atoms with Crippen molar-refractivity contribution in [2.45, 2.75) is 26.4 Å². The van der Waals surface area contributed by atoms with Crippen LogP contribution >= 0.6 is 0 Å². The molecule has 8 nitrogen and oxygen atoms in total. The van der Waals surface area contributed by atoms with E-state index in [9.17, 15) is 9.18 Å². The summed E-state index contributed by atoms with van der Waals surface area (Å²) in [6.07, 6.45) is 1.56. The first-order valence-electron chi connectivity index (χ1n) is 10.7. The average molecular weight is 467 g/mol. The lowest BCUT2D eigenvalue weighted by molar-refractivity contribution is 0.0930. The van der Waals surface area contributed by atoms with Gasteiger partial charge in [-0.3, -0.25) is 9.78 Å². The summed E-state index contributed by atoms with van der Waals surface area (Å²) in [6, 6.07) is 6.29. The highest BCUT2D eigenvalue weighted by Gasteiger charge is 2.31. The third kappa shape index (κ3) is 4.21. The number of nitrogens with one attached hydrogen (secondary N) is 1. The van der Waals surface area contributed by atoms with Gasteiger partial charge in [0.05, 0.1) is 50.5 Å². The van der Waals surface area contributed by atoms with Crippen LogP contribution in [-0.2, 0) is 6.42 Å². The second-order valence-electron chi connectivity index (χ2n) is 7.88. The van der Waals surface area contributed by atoms with Gasteiger partial charge in [0.25, 0.3) is 5.91 Å². The Morgan fingerprint density at radius 1 is 1.12 bits per heavy atom. The maximum atomic E-state index is 14.6. The molecule has 4 rings (SSSR count). The highest BCUT2D eigenvalue weighted by Crippen LogP contribution is 2.41. The van der Waals surface area contributed by atoms with Crippen LogP contribution < -0.4 is 24.3 Å². The summed E-state index contributed by atoms with van der Waals surface area (Å²) in [5, 5.41) is 2.85. The lowest BCUT2D eigenvalue weighted by Crippen LogP contribution is -2.34. The number of amides is 1. The van der Waals surface area contributed by atoms with Crippen LogP contribution in [0.15, 0.2) is 30.5 Å². The number of carbonyl (C=O) groups is 1. The molecule has 0 aliphatic carbocycles. The minimum atomic E-state index is -0.446. The smallest absolute Gasteiger partial charge is 0.255 e. The van der Waals surface area contributed by atoms with E-state index >= 15 is 0 Å². The van der Waals surface area contributed by atoms with Crippen molar-refractivity contribution < 1.29 is 28.1 Å². The third-order valence-corrected chi connectivity index (χ3v) is 5.69. The van der Waals surface area contributed by atoms with Crippen molar-refractivity contribution in [2.24, 2.45) is 0 Å². The monoisotopic (exact) mass is 467 g/mol. The number of benzene rings is 2. The van der Waals surface area contributed by atoms with Gasteiger partial charge in [-0.2, -0.15) is 0 Å². The zero-order chi connectivity index (χ0) is 24.4. The van der Waals surface area contributed by atoms with Crippen LogP contribution in [0.2, 0.25) is 0 Å². The Balaban J connectivity index is 1.54. The first-order chi connectivity index (χ1) is 16.4. The molecule has 178 valence electrons. The van der Waals surface area contributed by atoms with E-state index in [2.05, 4.69) is 15.3 Å². The lowest BCUT2D eigenvalue weighted by atomic mass is 10.0. The number of hydrogen-bond donors (Lipinski definition) is 1. The zero-order valence-corrected chi connectivity index (χ0v) is 19.7. The maximum absolute atomic E-state index is 14.6. The number of rotatable bonds is 7. The number of fused-ring (bicyclic) bond motifs is 1. The second kappa shape index (κ2) is 9.54. The molecule has 1 aromatic heterocycles. The van der Waals surface area contributed by atoms with E-state index < -0.39 is 6.10 Å². The summed E-state index contributed by atoms with van der Waals surface area (Å²) in [4.78, 5) is 21.8. The molecule has 0 spiro atoms. The quantitative estimate of drug-likeness (QED) is 0.567. The molecule has 3 aromatic rings. The van der Waals surface area contributed by atoms with Crippen molar-refractivity contribution in [1.29, 1.82) is 0 Å². The Morgan fingerprint density at radius 3 is 2.59 bits per heavy atom. The molecule has 1 amide bonds. The number of ether oxygens (including phenoxy) is 4. The Hall–Kier alpha value is -3.88. The number of aryl methyl sites for hydroxylation is 2. The minimum Gasteiger partial charge on any atom is -0.493 e. The molecule has 1 aliphatic heterocycles. The molecule has 1 aliphatic rings. The fourth-order valence-corrected chi connectivity index (χ4v) is 4.04. The van der Waals surface area contributed by atoms with Crippen LogP contribution in [0.25, 0.3) is 11.3 Å². The van der Waals surface area contributed by atoms with Gasteiger partial charge >= 0.3 is 0 Å². The minimum absolute atomic E-state index is 0.169. The highest BCUT2D eigenvalue weighted by molar-refractivity contribution is 5.98. The second-order valence-corrected chi connectivity index (χ2v) is 7.88. The van der Waals surface area contributed by atoms with Gasteiger partial charge < -0.3 is 24.3 Å². The van der Waals surface area contributed by atoms with Gasteiger partial charge in [0.2, 0.25) is 5.75 Å². The van der Waals surface area contributed by atoms with Crippen molar-refractivity contribution in [1.82, 2.24) is 15.3 Å². The number of carbonyl (C=O) groups excluding carboxylic acids is 1. The predicted molar refractivity (Wildman–Crippen MR) is 123 cm³/mol. The van der Waals surface area contributed by atoms with Crippen LogP contribution in [-0.4, -0.2) is 49.9 Å².